The summed E-state index contributed by atoms with van der Waals surface area (Å²) in [7, 11) is 1.83. The van der Waals surface area contributed by atoms with E-state index in [-0.39, 0.29) is 19.5 Å². The van der Waals surface area contributed by atoms with Crippen molar-refractivity contribution in [2.45, 2.75) is 63.2 Å². The molecule has 1 saturated carbocycles. The molecule has 202 valence electrons. The number of fused-ring (bicyclic) bond motifs is 3. The number of alkyl halides is 3. The van der Waals surface area contributed by atoms with Gasteiger partial charge < -0.3 is 14.5 Å². The molecule has 2 aliphatic rings. The quantitative estimate of drug-likeness (QED) is 0.304. The molecule has 0 saturated heterocycles. The molecule has 1 N–H and O–H groups in total. The van der Waals surface area contributed by atoms with Crippen LogP contribution in [0.4, 0.5) is 24.8 Å². The molecule has 6 rings (SSSR count). The van der Waals surface area contributed by atoms with E-state index in [1.165, 1.54) is 0 Å². The van der Waals surface area contributed by atoms with Crippen LogP contribution in [0.15, 0.2) is 36.8 Å². The molecule has 5 heterocycles. The number of halogens is 4. The van der Waals surface area contributed by atoms with Crippen LogP contribution in [0.3, 0.4) is 0 Å². The highest BCUT2D eigenvalue weighted by atomic mass is 35.5. The highest BCUT2D eigenvalue weighted by molar-refractivity contribution is 7.59. The average Bonchev–Trinajstić information content (AvgIpc) is 3.52. The van der Waals surface area contributed by atoms with Crippen LogP contribution in [0.1, 0.15) is 50.9 Å². The lowest BCUT2D eigenvalue weighted by Gasteiger charge is -2.42. The van der Waals surface area contributed by atoms with E-state index in [1.807, 2.05) is 42.9 Å². The van der Waals surface area contributed by atoms with Crippen LogP contribution in [0.5, 0.6) is 0 Å². The SMILES string of the molecule is C[C@H]1CCn2cc(-c3cc(Nc4ccnn4C)ncc3Cl)cc2-c2nnc(C3(CC(F)(F)F)CCC3)n21.S. The van der Waals surface area contributed by atoms with E-state index in [0.717, 1.165) is 35.5 Å². The van der Waals surface area contributed by atoms with Crippen LogP contribution in [-0.2, 0) is 19.0 Å². The summed E-state index contributed by atoms with van der Waals surface area (Å²) < 4.78 is 46.3. The first kappa shape index (κ1) is 26.6. The predicted molar refractivity (Wildman–Crippen MR) is 144 cm³/mol. The van der Waals surface area contributed by atoms with Gasteiger partial charge in [-0.2, -0.15) is 31.8 Å². The Balaban J connectivity index is 0.00000294. The molecule has 0 unspecified atom stereocenters. The highest BCUT2D eigenvalue weighted by Gasteiger charge is 2.51. The van der Waals surface area contributed by atoms with Crippen molar-refractivity contribution in [3.05, 3.63) is 47.6 Å². The van der Waals surface area contributed by atoms with Gasteiger partial charge in [-0.3, -0.25) is 4.68 Å². The number of aromatic nitrogens is 7. The summed E-state index contributed by atoms with van der Waals surface area (Å²) in [4.78, 5) is 4.39. The van der Waals surface area contributed by atoms with E-state index < -0.39 is 18.0 Å². The molecule has 38 heavy (non-hydrogen) atoms. The standard InChI is InChI=1S/C25H26ClF3N8.H2S/c1-15-5-9-36-13-16(17-11-20(30-12-18(17)26)32-21-4-8-31-35(21)2)10-19(36)22-33-34-23(37(15)22)24(6-3-7-24)14-25(27,28)29;/h4,8,10-13,15H,3,5-7,9,14H2,1-2H3,(H,30,32);1H2/t15-;/m0./s1. The van der Waals surface area contributed by atoms with Crippen molar-refractivity contribution >= 4 is 36.7 Å². The average molecular weight is 565 g/mol. The van der Waals surface area contributed by atoms with E-state index in [4.69, 9.17) is 11.6 Å². The summed E-state index contributed by atoms with van der Waals surface area (Å²) in [5.41, 5.74) is 1.47. The zero-order chi connectivity index (χ0) is 25.9. The fourth-order valence-corrected chi connectivity index (χ4v) is 5.77. The molecule has 4 aromatic rings. The minimum absolute atomic E-state index is 0. The summed E-state index contributed by atoms with van der Waals surface area (Å²) in [6.45, 7) is 2.73. The van der Waals surface area contributed by atoms with Crippen molar-refractivity contribution in [2.24, 2.45) is 7.05 Å². The number of rotatable bonds is 5. The van der Waals surface area contributed by atoms with Gasteiger partial charge in [-0.25, -0.2) is 4.98 Å². The Kier molecular flexibility index (Phi) is 6.75. The molecule has 1 atom stereocenters. The lowest BCUT2D eigenvalue weighted by molar-refractivity contribution is -0.157. The Bertz CT molecular complexity index is 1470. The maximum absolute atomic E-state index is 13.5. The fraction of sp³-hybridized carbons (Fsp3) is 0.440. The van der Waals surface area contributed by atoms with Gasteiger partial charge in [0.2, 0.25) is 0 Å². The Hall–Kier alpha value is -2.99. The van der Waals surface area contributed by atoms with Crippen molar-refractivity contribution in [3.63, 3.8) is 0 Å². The van der Waals surface area contributed by atoms with Gasteiger partial charge in [-0.15, -0.1) is 10.2 Å². The molecular formula is C25H28ClF3N8S. The second-order valence-corrected chi connectivity index (χ2v) is 10.5. The number of pyridine rings is 1. The van der Waals surface area contributed by atoms with Gasteiger partial charge in [0, 0.05) is 54.6 Å². The lowest BCUT2D eigenvalue weighted by atomic mass is 9.65. The topological polar surface area (TPSA) is 78.4 Å². The summed E-state index contributed by atoms with van der Waals surface area (Å²) >= 11 is 6.56. The second-order valence-electron chi connectivity index (χ2n) is 10.1. The van der Waals surface area contributed by atoms with Gasteiger partial charge in [-0.1, -0.05) is 18.0 Å². The molecule has 8 nitrogen and oxygen atoms in total. The maximum Gasteiger partial charge on any atom is 0.390 e. The van der Waals surface area contributed by atoms with E-state index in [1.54, 1.807) is 17.1 Å². The third-order valence-corrected chi connectivity index (χ3v) is 7.92. The van der Waals surface area contributed by atoms with Crippen molar-refractivity contribution in [2.75, 3.05) is 5.32 Å². The normalized spacial score (nSPS) is 18.1. The third-order valence-electron chi connectivity index (χ3n) is 7.62. The van der Waals surface area contributed by atoms with Crippen LogP contribution in [-0.4, -0.2) is 40.3 Å². The van der Waals surface area contributed by atoms with Crippen LogP contribution < -0.4 is 5.32 Å². The van der Waals surface area contributed by atoms with Crippen LogP contribution >= 0.6 is 25.1 Å². The van der Waals surface area contributed by atoms with Crippen molar-refractivity contribution in [3.8, 4) is 22.6 Å². The number of aryl methyl sites for hydroxylation is 2. The predicted octanol–water partition coefficient (Wildman–Crippen LogP) is 6.39. The minimum atomic E-state index is -4.26. The highest BCUT2D eigenvalue weighted by Crippen LogP contribution is 2.51. The number of hydrogen-bond acceptors (Lipinski definition) is 5. The van der Waals surface area contributed by atoms with Gasteiger partial charge in [0.05, 0.1) is 23.3 Å². The third kappa shape index (κ3) is 4.57. The first-order valence-corrected chi connectivity index (χ1v) is 12.6. The molecule has 0 bridgehead atoms. The van der Waals surface area contributed by atoms with Gasteiger partial charge in [0.15, 0.2) is 5.82 Å². The first-order chi connectivity index (χ1) is 17.6. The van der Waals surface area contributed by atoms with Gasteiger partial charge in [0.1, 0.15) is 17.5 Å². The molecule has 13 heteroatoms. The smallest absolute Gasteiger partial charge is 0.344 e. The number of hydrogen-bond donors (Lipinski definition) is 1. The monoisotopic (exact) mass is 564 g/mol. The summed E-state index contributed by atoms with van der Waals surface area (Å²) in [6, 6.07) is 5.67. The van der Waals surface area contributed by atoms with Crippen molar-refractivity contribution < 1.29 is 13.2 Å². The minimum Gasteiger partial charge on any atom is -0.344 e. The summed E-state index contributed by atoms with van der Waals surface area (Å²) in [6.07, 6.45) is 2.64. The van der Waals surface area contributed by atoms with Crippen LogP contribution in [0, 0.1) is 0 Å². The zero-order valence-corrected chi connectivity index (χ0v) is 22.7. The Morgan fingerprint density at radius 3 is 2.66 bits per heavy atom. The summed E-state index contributed by atoms with van der Waals surface area (Å²) in [5.74, 6) is 2.45. The molecule has 0 amide bonds. The lowest BCUT2D eigenvalue weighted by Crippen LogP contribution is -2.41. The van der Waals surface area contributed by atoms with Gasteiger partial charge >= 0.3 is 6.18 Å². The number of anilines is 2. The molecule has 0 aromatic carbocycles. The maximum atomic E-state index is 13.5. The van der Waals surface area contributed by atoms with E-state index in [9.17, 15) is 13.2 Å². The molecule has 1 aliphatic heterocycles. The number of nitrogens with zero attached hydrogens (tertiary/aromatic N) is 7. The van der Waals surface area contributed by atoms with Gasteiger partial charge in [0.25, 0.3) is 0 Å². The molecule has 0 spiro atoms. The van der Waals surface area contributed by atoms with Crippen molar-refractivity contribution in [1.29, 1.82) is 0 Å². The first-order valence-electron chi connectivity index (χ1n) is 12.3. The molecule has 0 radical (unpaired) electrons. The Labute approximate surface area is 229 Å². The number of nitrogens with one attached hydrogen (secondary N) is 1. The molecule has 4 aromatic heterocycles. The molecule has 1 fully saturated rings. The zero-order valence-electron chi connectivity index (χ0n) is 20.9. The van der Waals surface area contributed by atoms with Gasteiger partial charge in [-0.05, 0) is 38.3 Å². The van der Waals surface area contributed by atoms with Crippen molar-refractivity contribution in [1.82, 2.24) is 34.1 Å². The fourth-order valence-electron chi connectivity index (χ4n) is 5.55. The van der Waals surface area contributed by atoms with Crippen LogP contribution in [0.2, 0.25) is 5.02 Å². The van der Waals surface area contributed by atoms with E-state index in [0.29, 0.717) is 41.9 Å². The Morgan fingerprint density at radius 2 is 2.00 bits per heavy atom. The molecule has 1 aliphatic carbocycles. The largest absolute Gasteiger partial charge is 0.390 e. The second kappa shape index (κ2) is 9.64. The van der Waals surface area contributed by atoms with Crippen LogP contribution in [0.25, 0.3) is 22.6 Å². The van der Waals surface area contributed by atoms with E-state index >= 15 is 0 Å². The van der Waals surface area contributed by atoms with E-state index in [2.05, 4.69) is 30.2 Å². The Morgan fingerprint density at radius 1 is 1.21 bits per heavy atom. The molecular weight excluding hydrogens is 537 g/mol. The summed E-state index contributed by atoms with van der Waals surface area (Å²) in [5, 5.41) is 16.7.